The molecule has 25 heavy (non-hydrogen) atoms. The van der Waals surface area contributed by atoms with Crippen LogP contribution in [0.25, 0.3) is 10.8 Å². The van der Waals surface area contributed by atoms with Crippen molar-refractivity contribution in [3.63, 3.8) is 0 Å². The molecule has 0 aliphatic heterocycles. The van der Waals surface area contributed by atoms with E-state index in [1.54, 1.807) is 0 Å². The lowest BCUT2D eigenvalue weighted by Crippen LogP contribution is -2.58. The molecular formula is C23H26OSi. The van der Waals surface area contributed by atoms with E-state index in [9.17, 15) is 0 Å². The average molecular weight is 347 g/mol. The van der Waals surface area contributed by atoms with Crippen molar-refractivity contribution >= 4 is 29.5 Å². The highest BCUT2D eigenvalue weighted by Gasteiger charge is 2.39. The fourth-order valence-corrected chi connectivity index (χ4v) is 6.39. The summed E-state index contributed by atoms with van der Waals surface area (Å²) >= 11 is 0. The maximum Gasteiger partial charge on any atom is 0.311 e. The predicted octanol–water partition coefficient (Wildman–Crippen LogP) is 5.11. The summed E-state index contributed by atoms with van der Waals surface area (Å²) in [5.74, 6) is 0.846. The molecule has 0 aliphatic carbocycles. The van der Waals surface area contributed by atoms with Crippen molar-refractivity contribution in [1.82, 2.24) is 0 Å². The van der Waals surface area contributed by atoms with Crippen molar-refractivity contribution in [2.45, 2.75) is 27.3 Å². The summed E-state index contributed by atoms with van der Waals surface area (Å²) in [7, 11) is -2.44. The molecule has 0 saturated heterocycles. The fraction of sp³-hybridized carbons (Fsp3) is 0.217. The van der Waals surface area contributed by atoms with Gasteiger partial charge in [0, 0.05) is 5.41 Å². The number of hydrogen-bond donors (Lipinski definition) is 0. The van der Waals surface area contributed by atoms with Gasteiger partial charge in [-0.2, -0.15) is 0 Å². The second-order valence-electron chi connectivity index (χ2n) is 7.70. The van der Waals surface area contributed by atoms with E-state index in [4.69, 9.17) is 4.43 Å². The Bertz CT molecular complexity index is 887. The summed E-state index contributed by atoms with van der Waals surface area (Å²) < 4.78 is 6.73. The molecule has 128 valence electrons. The van der Waals surface area contributed by atoms with Crippen molar-refractivity contribution in [2.75, 3.05) is 0 Å². The standard InChI is InChI=1S/C23H26OSi/c1-18(23(2,3)4)24-25(5,20-14-7-6-8-15-20)22-17-11-13-19-12-9-10-16-21(19)22/h6-17H,1H2,2-5H3. The van der Waals surface area contributed by atoms with Gasteiger partial charge in [0.25, 0.3) is 0 Å². The molecule has 0 amide bonds. The molecule has 0 heterocycles. The maximum atomic E-state index is 6.73. The van der Waals surface area contributed by atoms with Crippen LogP contribution in [-0.4, -0.2) is 8.32 Å². The normalized spacial score (nSPS) is 14.1. The van der Waals surface area contributed by atoms with Gasteiger partial charge >= 0.3 is 8.32 Å². The third-order valence-electron chi connectivity index (χ3n) is 4.79. The number of fused-ring (bicyclic) bond motifs is 1. The Hall–Kier alpha value is -2.32. The second-order valence-corrected chi connectivity index (χ2v) is 11.1. The van der Waals surface area contributed by atoms with E-state index in [2.05, 4.69) is 107 Å². The summed E-state index contributed by atoms with van der Waals surface area (Å²) in [6.07, 6.45) is 0. The van der Waals surface area contributed by atoms with Crippen LogP contribution in [0.5, 0.6) is 0 Å². The molecule has 0 fully saturated rings. The van der Waals surface area contributed by atoms with E-state index in [-0.39, 0.29) is 5.41 Å². The van der Waals surface area contributed by atoms with Gasteiger partial charge in [-0.05, 0) is 27.7 Å². The predicted molar refractivity (Wildman–Crippen MR) is 111 cm³/mol. The monoisotopic (exact) mass is 346 g/mol. The molecule has 0 N–H and O–H groups in total. The van der Waals surface area contributed by atoms with Crippen LogP contribution >= 0.6 is 0 Å². The largest absolute Gasteiger partial charge is 0.538 e. The molecular weight excluding hydrogens is 320 g/mol. The molecule has 0 aliphatic rings. The summed E-state index contributed by atoms with van der Waals surface area (Å²) in [5, 5.41) is 5.07. The highest BCUT2D eigenvalue weighted by Crippen LogP contribution is 2.28. The Kier molecular flexibility index (Phi) is 4.57. The molecule has 0 saturated carbocycles. The van der Waals surface area contributed by atoms with Crippen LogP contribution in [0.15, 0.2) is 85.1 Å². The van der Waals surface area contributed by atoms with Crippen LogP contribution in [0.1, 0.15) is 20.8 Å². The Balaban J connectivity index is 2.22. The first-order valence-electron chi connectivity index (χ1n) is 8.74. The maximum absolute atomic E-state index is 6.73. The van der Waals surface area contributed by atoms with Crippen molar-refractivity contribution in [2.24, 2.45) is 5.41 Å². The van der Waals surface area contributed by atoms with Gasteiger partial charge in [-0.1, -0.05) is 100 Å². The van der Waals surface area contributed by atoms with Gasteiger partial charge in [0.2, 0.25) is 0 Å². The Morgan fingerprint density at radius 2 is 1.44 bits per heavy atom. The number of rotatable bonds is 4. The van der Waals surface area contributed by atoms with Crippen LogP contribution < -0.4 is 10.4 Å². The van der Waals surface area contributed by atoms with Crippen LogP contribution in [0.4, 0.5) is 0 Å². The lowest BCUT2D eigenvalue weighted by molar-refractivity contribution is 0.297. The van der Waals surface area contributed by atoms with Crippen molar-refractivity contribution in [3.8, 4) is 0 Å². The highest BCUT2D eigenvalue weighted by molar-refractivity contribution is 6.98. The first kappa shape index (κ1) is 17.5. The van der Waals surface area contributed by atoms with Gasteiger partial charge in [-0.25, -0.2) is 0 Å². The molecule has 1 unspecified atom stereocenters. The Labute approximate surface area is 152 Å². The fourth-order valence-electron chi connectivity index (χ4n) is 3.07. The molecule has 0 aromatic heterocycles. The lowest BCUT2D eigenvalue weighted by atomic mass is 9.95. The van der Waals surface area contributed by atoms with Gasteiger partial charge < -0.3 is 4.43 Å². The van der Waals surface area contributed by atoms with E-state index in [1.807, 2.05) is 0 Å². The topological polar surface area (TPSA) is 9.23 Å². The first-order valence-corrected chi connectivity index (χ1v) is 11.2. The third-order valence-corrected chi connectivity index (χ3v) is 8.35. The van der Waals surface area contributed by atoms with Crippen LogP contribution in [0.3, 0.4) is 0 Å². The molecule has 0 radical (unpaired) electrons. The van der Waals surface area contributed by atoms with Gasteiger partial charge in [-0.15, -0.1) is 0 Å². The summed E-state index contributed by atoms with van der Waals surface area (Å²) in [6.45, 7) is 13.0. The van der Waals surface area contributed by atoms with Crippen LogP contribution in [-0.2, 0) is 4.43 Å². The van der Waals surface area contributed by atoms with Gasteiger partial charge in [0.15, 0.2) is 0 Å². The number of hydrogen-bond acceptors (Lipinski definition) is 1. The summed E-state index contributed by atoms with van der Waals surface area (Å²) in [4.78, 5) is 0. The summed E-state index contributed by atoms with van der Waals surface area (Å²) in [5.41, 5.74) is -0.0897. The van der Waals surface area contributed by atoms with Gasteiger partial charge in [0.05, 0.1) is 5.76 Å². The Morgan fingerprint density at radius 3 is 2.12 bits per heavy atom. The van der Waals surface area contributed by atoms with E-state index in [0.717, 1.165) is 5.76 Å². The van der Waals surface area contributed by atoms with Crippen molar-refractivity contribution in [3.05, 3.63) is 85.1 Å². The molecule has 1 atom stereocenters. The quantitative estimate of drug-likeness (QED) is 0.471. The van der Waals surface area contributed by atoms with E-state index < -0.39 is 8.32 Å². The van der Waals surface area contributed by atoms with E-state index in [0.29, 0.717) is 0 Å². The second kappa shape index (κ2) is 6.53. The SMILES string of the molecule is C=C(O[Si](C)(c1ccccc1)c1cccc2ccccc12)C(C)(C)C. The minimum Gasteiger partial charge on any atom is -0.538 e. The molecule has 0 spiro atoms. The molecule has 3 aromatic rings. The van der Waals surface area contributed by atoms with E-state index >= 15 is 0 Å². The molecule has 0 bridgehead atoms. The highest BCUT2D eigenvalue weighted by atomic mass is 28.4. The van der Waals surface area contributed by atoms with Gasteiger partial charge in [-0.3, -0.25) is 0 Å². The average Bonchev–Trinajstić information content (AvgIpc) is 2.61. The minimum atomic E-state index is -2.44. The lowest BCUT2D eigenvalue weighted by Gasteiger charge is -2.35. The molecule has 1 nitrogen and oxygen atoms in total. The van der Waals surface area contributed by atoms with Gasteiger partial charge in [0.1, 0.15) is 0 Å². The minimum absolute atomic E-state index is 0.0897. The molecule has 3 aromatic carbocycles. The van der Waals surface area contributed by atoms with Crippen molar-refractivity contribution in [1.29, 1.82) is 0 Å². The Morgan fingerprint density at radius 1 is 0.840 bits per heavy atom. The zero-order valence-corrected chi connectivity index (χ0v) is 16.5. The molecule has 2 heteroatoms. The molecule has 3 rings (SSSR count). The number of benzene rings is 3. The third kappa shape index (κ3) is 3.40. The smallest absolute Gasteiger partial charge is 0.311 e. The first-order chi connectivity index (χ1) is 11.8. The van der Waals surface area contributed by atoms with Crippen LogP contribution in [0, 0.1) is 5.41 Å². The summed E-state index contributed by atoms with van der Waals surface area (Å²) in [6, 6.07) is 25.7. The van der Waals surface area contributed by atoms with Crippen LogP contribution in [0.2, 0.25) is 6.55 Å². The zero-order chi connectivity index (χ0) is 18.1. The number of allylic oxidation sites excluding steroid dienone is 1. The van der Waals surface area contributed by atoms with Crippen molar-refractivity contribution < 1.29 is 4.43 Å². The zero-order valence-electron chi connectivity index (χ0n) is 15.5. The van der Waals surface area contributed by atoms with E-state index in [1.165, 1.54) is 21.1 Å².